The summed E-state index contributed by atoms with van der Waals surface area (Å²) in [4.78, 5) is 0. The SMILES string of the molecule is CNC(C)Cc1cc2cccc(Br)c2n1C(C)C. The lowest BCUT2D eigenvalue weighted by molar-refractivity contribution is 0.545. The number of aromatic nitrogens is 1. The molecule has 0 aliphatic carbocycles. The molecule has 0 fully saturated rings. The first kappa shape index (κ1) is 13.6. The van der Waals surface area contributed by atoms with Crippen LogP contribution in [-0.4, -0.2) is 17.7 Å². The zero-order valence-electron chi connectivity index (χ0n) is 11.5. The summed E-state index contributed by atoms with van der Waals surface area (Å²) in [6.45, 7) is 6.70. The minimum atomic E-state index is 0.472. The van der Waals surface area contributed by atoms with Crippen LogP contribution in [0.15, 0.2) is 28.7 Å². The molecule has 2 rings (SSSR count). The number of likely N-dealkylation sites (N-methyl/N-ethyl adjacent to an activating group) is 1. The lowest BCUT2D eigenvalue weighted by Crippen LogP contribution is -2.25. The Morgan fingerprint density at radius 3 is 2.61 bits per heavy atom. The molecule has 3 heteroatoms. The van der Waals surface area contributed by atoms with E-state index in [0.717, 1.165) is 6.42 Å². The highest BCUT2D eigenvalue weighted by atomic mass is 79.9. The molecule has 0 radical (unpaired) electrons. The molecule has 0 amide bonds. The average molecular weight is 309 g/mol. The fourth-order valence-electron chi connectivity index (χ4n) is 2.46. The predicted molar refractivity (Wildman–Crippen MR) is 82.2 cm³/mol. The van der Waals surface area contributed by atoms with E-state index in [4.69, 9.17) is 0 Å². The van der Waals surface area contributed by atoms with Crippen LogP contribution in [-0.2, 0) is 6.42 Å². The second kappa shape index (κ2) is 5.45. The summed E-state index contributed by atoms with van der Waals surface area (Å²) >= 11 is 3.68. The number of benzene rings is 1. The lowest BCUT2D eigenvalue weighted by atomic mass is 10.1. The van der Waals surface area contributed by atoms with E-state index in [2.05, 4.69) is 70.9 Å². The Hall–Kier alpha value is -0.800. The molecule has 98 valence electrons. The van der Waals surface area contributed by atoms with E-state index in [1.54, 1.807) is 0 Å². The summed E-state index contributed by atoms with van der Waals surface area (Å²) in [5, 5.41) is 4.63. The Balaban J connectivity index is 2.59. The predicted octanol–water partition coefficient (Wildman–Crippen LogP) is 4.14. The summed E-state index contributed by atoms with van der Waals surface area (Å²) in [7, 11) is 2.02. The van der Waals surface area contributed by atoms with Crippen LogP contribution in [0.1, 0.15) is 32.5 Å². The van der Waals surface area contributed by atoms with Gasteiger partial charge in [-0.25, -0.2) is 0 Å². The van der Waals surface area contributed by atoms with Crippen LogP contribution in [0.4, 0.5) is 0 Å². The molecule has 1 atom stereocenters. The maximum Gasteiger partial charge on any atom is 0.0629 e. The maximum absolute atomic E-state index is 3.68. The molecule has 1 heterocycles. The van der Waals surface area contributed by atoms with Crippen molar-refractivity contribution in [3.05, 3.63) is 34.4 Å². The number of hydrogen-bond acceptors (Lipinski definition) is 1. The van der Waals surface area contributed by atoms with Crippen molar-refractivity contribution in [2.45, 2.75) is 39.3 Å². The first-order chi connectivity index (χ1) is 8.54. The standard InChI is InChI=1S/C15H21BrN2/c1-10(2)18-13(8-11(3)17-4)9-12-6-5-7-14(16)15(12)18/h5-7,9-11,17H,8H2,1-4H3. The molecule has 18 heavy (non-hydrogen) atoms. The van der Waals surface area contributed by atoms with Crippen molar-refractivity contribution >= 4 is 26.8 Å². The van der Waals surface area contributed by atoms with Gasteiger partial charge in [0.05, 0.1) is 5.52 Å². The van der Waals surface area contributed by atoms with E-state index in [0.29, 0.717) is 12.1 Å². The van der Waals surface area contributed by atoms with Crippen molar-refractivity contribution in [3.8, 4) is 0 Å². The molecule has 2 aromatic rings. The smallest absolute Gasteiger partial charge is 0.0629 e. The average Bonchev–Trinajstić information content (AvgIpc) is 2.68. The van der Waals surface area contributed by atoms with Crippen LogP contribution >= 0.6 is 15.9 Å². The highest BCUT2D eigenvalue weighted by Crippen LogP contribution is 2.30. The Morgan fingerprint density at radius 2 is 2.00 bits per heavy atom. The number of hydrogen-bond donors (Lipinski definition) is 1. The number of nitrogens with zero attached hydrogens (tertiary/aromatic N) is 1. The van der Waals surface area contributed by atoms with Crippen molar-refractivity contribution in [3.63, 3.8) is 0 Å². The molecule has 0 bridgehead atoms. The molecule has 2 nitrogen and oxygen atoms in total. The van der Waals surface area contributed by atoms with Gasteiger partial charge in [-0.3, -0.25) is 0 Å². The molecule has 0 aliphatic heterocycles. The largest absolute Gasteiger partial charge is 0.341 e. The van der Waals surface area contributed by atoms with Crippen LogP contribution in [0.25, 0.3) is 10.9 Å². The van der Waals surface area contributed by atoms with Crippen LogP contribution in [0.3, 0.4) is 0 Å². The molecule has 1 unspecified atom stereocenters. The quantitative estimate of drug-likeness (QED) is 0.898. The minimum absolute atomic E-state index is 0.472. The normalized spacial score (nSPS) is 13.4. The van der Waals surface area contributed by atoms with E-state index < -0.39 is 0 Å². The third kappa shape index (κ3) is 2.47. The summed E-state index contributed by atoms with van der Waals surface area (Å²) in [6.07, 6.45) is 1.05. The van der Waals surface area contributed by atoms with E-state index in [9.17, 15) is 0 Å². The van der Waals surface area contributed by atoms with Gasteiger partial charge in [-0.05, 0) is 55.9 Å². The van der Waals surface area contributed by atoms with Gasteiger partial charge in [-0.15, -0.1) is 0 Å². The third-order valence-corrected chi connectivity index (χ3v) is 4.05. The Labute approximate surface area is 118 Å². The van der Waals surface area contributed by atoms with Crippen LogP contribution < -0.4 is 5.32 Å². The molecule has 1 aromatic carbocycles. The van der Waals surface area contributed by atoms with Crippen LogP contribution in [0.5, 0.6) is 0 Å². The van der Waals surface area contributed by atoms with Crippen molar-refractivity contribution < 1.29 is 0 Å². The topological polar surface area (TPSA) is 17.0 Å². The van der Waals surface area contributed by atoms with Gasteiger partial charge in [-0.1, -0.05) is 12.1 Å². The first-order valence-corrected chi connectivity index (χ1v) is 7.29. The molecular formula is C15H21BrN2. The van der Waals surface area contributed by atoms with E-state index in [1.807, 2.05) is 7.05 Å². The first-order valence-electron chi connectivity index (χ1n) is 6.50. The third-order valence-electron chi connectivity index (χ3n) is 3.41. The zero-order chi connectivity index (χ0) is 13.3. The monoisotopic (exact) mass is 308 g/mol. The van der Waals surface area contributed by atoms with Crippen molar-refractivity contribution in [2.75, 3.05) is 7.05 Å². The molecule has 0 spiro atoms. The summed E-state index contributed by atoms with van der Waals surface area (Å²) < 4.78 is 3.62. The van der Waals surface area contributed by atoms with Gasteiger partial charge in [0.25, 0.3) is 0 Å². The van der Waals surface area contributed by atoms with E-state index in [-0.39, 0.29) is 0 Å². The molecule has 1 N–H and O–H groups in total. The van der Waals surface area contributed by atoms with Gasteiger partial charge in [0.2, 0.25) is 0 Å². The van der Waals surface area contributed by atoms with E-state index >= 15 is 0 Å². The van der Waals surface area contributed by atoms with Gasteiger partial charge < -0.3 is 9.88 Å². The fraction of sp³-hybridized carbons (Fsp3) is 0.467. The molecule has 1 aromatic heterocycles. The Morgan fingerprint density at radius 1 is 1.28 bits per heavy atom. The lowest BCUT2D eigenvalue weighted by Gasteiger charge is -2.18. The van der Waals surface area contributed by atoms with Crippen molar-refractivity contribution in [1.82, 2.24) is 9.88 Å². The number of para-hydroxylation sites is 1. The second-order valence-electron chi connectivity index (χ2n) is 5.17. The van der Waals surface area contributed by atoms with Crippen molar-refractivity contribution in [1.29, 1.82) is 0 Å². The van der Waals surface area contributed by atoms with Crippen molar-refractivity contribution in [2.24, 2.45) is 0 Å². The Kier molecular flexibility index (Phi) is 4.13. The Bertz CT molecular complexity index is 543. The zero-order valence-corrected chi connectivity index (χ0v) is 13.1. The number of rotatable bonds is 4. The summed E-state index contributed by atoms with van der Waals surface area (Å²) in [5.41, 5.74) is 2.71. The van der Waals surface area contributed by atoms with Gasteiger partial charge in [0.1, 0.15) is 0 Å². The second-order valence-corrected chi connectivity index (χ2v) is 6.03. The minimum Gasteiger partial charge on any atom is -0.341 e. The van der Waals surface area contributed by atoms with Crippen LogP contribution in [0, 0.1) is 0 Å². The molecule has 0 aliphatic rings. The molecule has 0 saturated carbocycles. The summed E-state index contributed by atoms with van der Waals surface area (Å²) in [6, 6.07) is 9.68. The molecular weight excluding hydrogens is 288 g/mol. The van der Waals surface area contributed by atoms with Gasteiger partial charge in [-0.2, -0.15) is 0 Å². The number of fused-ring (bicyclic) bond motifs is 1. The number of halogens is 1. The number of nitrogens with one attached hydrogen (secondary N) is 1. The van der Waals surface area contributed by atoms with Gasteiger partial charge >= 0.3 is 0 Å². The molecule has 0 saturated heterocycles. The van der Waals surface area contributed by atoms with Gasteiger partial charge in [0, 0.05) is 34.1 Å². The van der Waals surface area contributed by atoms with Gasteiger partial charge in [0.15, 0.2) is 0 Å². The highest BCUT2D eigenvalue weighted by molar-refractivity contribution is 9.10. The fourth-order valence-corrected chi connectivity index (χ4v) is 3.03. The highest BCUT2D eigenvalue weighted by Gasteiger charge is 2.14. The summed E-state index contributed by atoms with van der Waals surface area (Å²) in [5.74, 6) is 0. The maximum atomic E-state index is 3.68. The van der Waals surface area contributed by atoms with Crippen LogP contribution in [0.2, 0.25) is 0 Å². The van der Waals surface area contributed by atoms with E-state index in [1.165, 1.54) is 21.1 Å².